The average molecular weight is 489 g/mol. The van der Waals surface area contributed by atoms with Crippen molar-refractivity contribution in [1.82, 2.24) is 9.55 Å². The molecule has 0 saturated heterocycles. The number of aromatic nitrogens is 2. The molecule has 5 aromatic rings. The molecule has 0 radical (unpaired) electrons. The number of aromatic hydroxyl groups is 1. The normalized spacial score (nSPS) is 12.3. The minimum Gasteiger partial charge on any atom is -0.507 e. The second-order valence-electron chi connectivity index (χ2n) is 12.1. The number of aryl methyl sites for hydroxylation is 1. The largest absolute Gasteiger partial charge is 0.507 e. The first kappa shape index (κ1) is 24.8. The van der Waals surface area contributed by atoms with Gasteiger partial charge in [-0.3, -0.25) is 4.57 Å². The van der Waals surface area contributed by atoms with E-state index in [0.29, 0.717) is 5.75 Å². The summed E-state index contributed by atoms with van der Waals surface area (Å²) in [7, 11) is 0. The van der Waals surface area contributed by atoms with Gasteiger partial charge >= 0.3 is 0 Å². The molecule has 4 aromatic carbocycles. The summed E-state index contributed by atoms with van der Waals surface area (Å²) in [5.74, 6) is 1.04. The topological polar surface area (TPSA) is 38.0 Å². The highest BCUT2D eigenvalue weighted by molar-refractivity contribution is 5.88. The van der Waals surface area contributed by atoms with E-state index in [1.165, 1.54) is 11.1 Å². The molecule has 3 nitrogen and oxygen atoms in total. The predicted molar refractivity (Wildman–Crippen MR) is 156 cm³/mol. The fraction of sp³-hybridized carbons (Fsp3) is 0.265. The average Bonchev–Trinajstić information content (AvgIpc) is 3.22. The Bertz CT molecular complexity index is 1600. The maximum Gasteiger partial charge on any atom is 0.149 e. The molecule has 188 valence electrons. The molecule has 5 rings (SSSR count). The number of nitrogens with zero attached hydrogens (tertiary/aromatic N) is 2. The van der Waals surface area contributed by atoms with Crippen molar-refractivity contribution in [1.29, 1.82) is 0 Å². The van der Waals surface area contributed by atoms with Crippen LogP contribution in [0, 0.1) is 6.92 Å². The van der Waals surface area contributed by atoms with Gasteiger partial charge in [-0.15, -0.1) is 0 Å². The molecular weight excluding hydrogens is 452 g/mol. The summed E-state index contributed by atoms with van der Waals surface area (Å²) < 4.78 is 2.21. The molecule has 0 aliphatic heterocycles. The highest BCUT2D eigenvalue weighted by Crippen LogP contribution is 2.44. The summed E-state index contributed by atoms with van der Waals surface area (Å²) in [6, 6.07) is 29.5. The van der Waals surface area contributed by atoms with Crippen LogP contribution in [0.25, 0.3) is 39.2 Å². The number of benzene rings is 4. The summed E-state index contributed by atoms with van der Waals surface area (Å²) >= 11 is 0. The molecule has 1 aromatic heterocycles. The van der Waals surface area contributed by atoms with Crippen molar-refractivity contribution >= 4 is 11.0 Å². The molecule has 3 heteroatoms. The Morgan fingerprint density at radius 1 is 0.703 bits per heavy atom. The SMILES string of the molecule is Cc1ccc(-n2c(-c3cc(C(C)(C)C)cc(C(C)(C)C)c3O)nc3ccccc32)c(-c2ccccc2)c1. The Morgan fingerprint density at radius 2 is 1.38 bits per heavy atom. The zero-order valence-electron chi connectivity index (χ0n) is 22.9. The Hall–Kier alpha value is -3.85. The molecule has 1 N–H and O–H groups in total. The monoisotopic (exact) mass is 488 g/mol. The third-order valence-electron chi connectivity index (χ3n) is 7.06. The second-order valence-corrected chi connectivity index (χ2v) is 12.1. The molecule has 0 atom stereocenters. The van der Waals surface area contributed by atoms with Gasteiger partial charge in [-0.2, -0.15) is 0 Å². The van der Waals surface area contributed by atoms with E-state index in [0.717, 1.165) is 44.8 Å². The van der Waals surface area contributed by atoms with Crippen molar-refractivity contribution in [2.45, 2.75) is 59.3 Å². The molecule has 37 heavy (non-hydrogen) atoms. The number of para-hydroxylation sites is 2. The number of phenols is 1. The number of phenolic OH excluding ortho intramolecular Hbond substituents is 1. The molecule has 0 unspecified atom stereocenters. The van der Waals surface area contributed by atoms with Gasteiger partial charge in [0.2, 0.25) is 0 Å². The molecule has 0 fully saturated rings. The van der Waals surface area contributed by atoms with Crippen LogP contribution in [0.15, 0.2) is 84.9 Å². The minimum absolute atomic E-state index is 0.0850. The first-order valence-electron chi connectivity index (χ1n) is 13.0. The standard InChI is InChI=1S/C34H36N2O/c1-22-17-18-29(25(19-22)23-13-9-8-10-14-23)36-30-16-12-11-15-28(30)35-32(36)26-20-24(33(2,3)4)21-27(31(26)37)34(5,6)7/h8-21,37H,1-7H3. The van der Waals surface area contributed by atoms with Crippen LogP contribution in [0.4, 0.5) is 0 Å². The van der Waals surface area contributed by atoms with Gasteiger partial charge in [-0.1, -0.05) is 102 Å². The van der Waals surface area contributed by atoms with E-state index in [4.69, 9.17) is 4.98 Å². The number of hydrogen-bond acceptors (Lipinski definition) is 2. The minimum atomic E-state index is -0.226. The van der Waals surface area contributed by atoms with Crippen molar-refractivity contribution < 1.29 is 5.11 Å². The van der Waals surface area contributed by atoms with Crippen LogP contribution in [0.1, 0.15) is 58.2 Å². The van der Waals surface area contributed by atoms with Gasteiger partial charge in [0.05, 0.1) is 22.3 Å². The van der Waals surface area contributed by atoms with Gasteiger partial charge in [0.15, 0.2) is 0 Å². The van der Waals surface area contributed by atoms with Gasteiger partial charge in [0.25, 0.3) is 0 Å². The predicted octanol–water partition coefficient (Wildman–Crippen LogP) is 8.97. The van der Waals surface area contributed by atoms with Gasteiger partial charge in [0.1, 0.15) is 11.6 Å². The molecule has 0 aliphatic rings. The zero-order chi connectivity index (χ0) is 26.5. The first-order chi connectivity index (χ1) is 17.4. The Balaban J connectivity index is 1.90. The Labute approximate surface area is 220 Å². The van der Waals surface area contributed by atoms with Crippen molar-refractivity contribution in [3.8, 4) is 34.0 Å². The van der Waals surface area contributed by atoms with E-state index in [9.17, 15) is 5.11 Å². The van der Waals surface area contributed by atoms with Crippen molar-refractivity contribution in [2.24, 2.45) is 0 Å². The van der Waals surface area contributed by atoms with E-state index in [-0.39, 0.29) is 10.8 Å². The highest BCUT2D eigenvalue weighted by atomic mass is 16.3. The quantitative estimate of drug-likeness (QED) is 0.275. The third-order valence-corrected chi connectivity index (χ3v) is 7.06. The Morgan fingerprint density at radius 3 is 2.05 bits per heavy atom. The van der Waals surface area contributed by atoms with Crippen LogP contribution in [0.2, 0.25) is 0 Å². The van der Waals surface area contributed by atoms with Gasteiger partial charge in [-0.05, 0) is 59.2 Å². The van der Waals surface area contributed by atoms with Crippen LogP contribution < -0.4 is 0 Å². The van der Waals surface area contributed by atoms with Crippen LogP contribution in [-0.2, 0) is 10.8 Å². The lowest BCUT2D eigenvalue weighted by Crippen LogP contribution is -2.17. The number of hydrogen-bond donors (Lipinski definition) is 1. The maximum absolute atomic E-state index is 11.7. The van der Waals surface area contributed by atoms with Gasteiger partial charge in [-0.25, -0.2) is 4.98 Å². The maximum atomic E-state index is 11.7. The summed E-state index contributed by atoms with van der Waals surface area (Å²) in [6.07, 6.45) is 0. The number of fused-ring (bicyclic) bond motifs is 1. The Kier molecular flexibility index (Phi) is 5.98. The molecular formula is C34H36N2O. The van der Waals surface area contributed by atoms with Crippen LogP contribution in [0.3, 0.4) is 0 Å². The van der Waals surface area contributed by atoms with Crippen LogP contribution >= 0.6 is 0 Å². The fourth-order valence-corrected chi connectivity index (χ4v) is 4.95. The van der Waals surface area contributed by atoms with E-state index in [1.54, 1.807) is 0 Å². The molecule has 0 amide bonds. The van der Waals surface area contributed by atoms with Crippen molar-refractivity contribution in [3.05, 3.63) is 102 Å². The van der Waals surface area contributed by atoms with E-state index >= 15 is 0 Å². The van der Waals surface area contributed by atoms with E-state index in [1.807, 2.05) is 24.3 Å². The fourth-order valence-electron chi connectivity index (χ4n) is 4.95. The summed E-state index contributed by atoms with van der Waals surface area (Å²) in [6.45, 7) is 15.2. The van der Waals surface area contributed by atoms with Crippen molar-refractivity contribution in [2.75, 3.05) is 0 Å². The lowest BCUT2D eigenvalue weighted by Gasteiger charge is -2.27. The molecule has 0 spiro atoms. The molecule has 0 aliphatic carbocycles. The molecule has 0 saturated carbocycles. The van der Waals surface area contributed by atoms with Gasteiger partial charge in [0, 0.05) is 11.1 Å². The van der Waals surface area contributed by atoms with E-state index in [2.05, 4.69) is 114 Å². The van der Waals surface area contributed by atoms with Crippen LogP contribution in [0.5, 0.6) is 5.75 Å². The van der Waals surface area contributed by atoms with E-state index < -0.39 is 0 Å². The number of rotatable bonds is 3. The summed E-state index contributed by atoms with van der Waals surface area (Å²) in [5, 5.41) is 11.7. The zero-order valence-corrected chi connectivity index (χ0v) is 22.9. The summed E-state index contributed by atoms with van der Waals surface area (Å²) in [5.41, 5.74) is 8.98. The lowest BCUT2D eigenvalue weighted by atomic mass is 9.79. The third kappa shape index (κ3) is 4.55. The van der Waals surface area contributed by atoms with Crippen LogP contribution in [-0.4, -0.2) is 14.7 Å². The molecule has 1 heterocycles. The first-order valence-corrected chi connectivity index (χ1v) is 13.0. The number of imidazole rings is 1. The smallest absolute Gasteiger partial charge is 0.149 e. The highest BCUT2D eigenvalue weighted by Gasteiger charge is 2.28. The lowest BCUT2D eigenvalue weighted by molar-refractivity contribution is 0.446. The summed E-state index contributed by atoms with van der Waals surface area (Å²) in [4.78, 5) is 5.13. The van der Waals surface area contributed by atoms with Gasteiger partial charge < -0.3 is 5.11 Å². The molecule has 0 bridgehead atoms. The van der Waals surface area contributed by atoms with Crippen molar-refractivity contribution in [3.63, 3.8) is 0 Å². The second kappa shape index (κ2) is 8.92.